The first-order valence-electron chi connectivity index (χ1n) is 13.9. The van der Waals surface area contributed by atoms with Crippen LogP contribution < -0.4 is 14.8 Å². The van der Waals surface area contributed by atoms with Gasteiger partial charge in [0.1, 0.15) is 17.5 Å². The number of nitrogens with one attached hydrogen (secondary N) is 1. The van der Waals surface area contributed by atoms with Crippen LogP contribution in [0.5, 0.6) is 11.5 Å². The molecule has 214 valence electrons. The molecule has 3 aromatic rings. The highest BCUT2D eigenvalue weighted by Crippen LogP contribution is 2.38. The Morgan fingerprint density at radius 3 is 2.12 bits per heavy atom. The number of benzene rings is 3. The standard InChI is InChI=1S/C32H36N4O5/c1-4-41-31(38)27-28(25-16-15-24(39-2)21-26(25)40-3)33-32(34-30(27)37)36-19-17-35(18-20-36)29(22-11-7-5-8-12-22)23-13-9-6-10-14-23/h5-16,21,27-29H,4,17-20H2,1-3H3,(H,33,34,37)/t27-,28+/m1/s1. The van der Waals surface area contributed by atoms with Gasteiger partial charge >= 0.3 is 5.97 Å². The Hall–Kier alpha value is -4.37. The largest absolute Gasteiger partial charge is 0.497 e. The quantitative estimate of drug-likeness (QED) is 0.333. The number of nitrogens with zero attached hydrogens (tertiary/aromatic N) is 3. The van der Waals surface area contributed by atoms with E-state index in [2.05, 4.69) is 63.6 Å². The number of carbonyl (C=O) groups is 2. The Balaban J connectivity index is 1.42. The van der Waals surface area contributed by atoms with Crippen molar-refractivity contribution in [3.05, 3.63) is 95.6 Å². The third-order valence-electron chi connectivity index (χ3n) is 7.60. The van der Waals surface area contributed by atoms with Crippen molar-refractivity contribution in [3.8, 4) is 11.5 Å². The number of hydrogen-bond donors (Lipinski definition) is 1. The summed E-state index contributed by atoms with van der Waals surface area (Å²) >= 11 is 0. The molecule has 2 aliphatic rings. The molecule has 3 aromatic carbocycles. The van der Waals surface area contributed by atoms with E-state index in [-0.39, 0.29) is 12.6 Å². The van der Waals surface area contributed by atoms with Crippen LogP contribution in [0.15, 0.2) is 83.9 Å². The lowest BCUT2D eigenvalue weighted by atomic mass is 9.90. The van der Waals surface area contributed by atoms with E-state index in [4.69, 9.17) is 19.2 Å². The molecule has 5 rings (SSSR count). The number of esters is 1. The van der Waals surface area contributed by atoms with Gasteiger partial charge in [-0.05, 0) is 30.2 Å². The van der Waals surface area contributed by atoms with Crippen LogP contribution in [0.25, 0.3) is 0 Å². The molecule has 1 amide bonds. The minimum Gasteiger partial charge on any atom is -0.497 e. The van der Waals surface area contributed by atoms with Gasteiger partial charge in [-0.2, -0.15) is 0 Å². The summed E-state index contributed by atoms with van der Waals surface area (Å²) in [5.41, 5.74) is 3.09. The Bertz CT molecular complexity index is 1330. The lowest BCUT2D eigenvalue weighted by Gasteiger charge is -2.42. The lowest BCUT2D eigenvalue weighted by molar-refractivity contribution is -0.153. The molecule has 1 saturated heterocycles. The maximum Gasteiger partial charge on any atom is 0.321 e. The number of rotatable bonds is 8. The van der Waals surface area contributed by atoms with Crippen molar-refractivity contribution >= 4 is 17.8 Å². The van der Waals surface area contributed by atoms with E-state index in [1.807, 2.05) is 12.1 Å². The Labute approximate surface area is 240 Å². The molecule has 41 heavy (non-hydrogen) atoms. The van der Waals surface area contributed by atoms with E-state index in [9.17, 15) is 9.59 Å². The number of methoxy groups -OCH3 is 2. The van der Waals surface area contributed by atoms with Crippen LogP contribution in [0.3, 0.4) is 0 Å². The molecule has 2 atom stereocenters. The summed E-state index contributed by atoms with van der Waals surface area (Å²) in [6, 6.07) is 25.6. The van der Waals surface area contributed by atoms with Crippen LogP contribution in [-0.4, -0.2) is 74.6 Å². The lowest BCUT2D eigenvalue weighted by Crippen LogP contribution is -2.57. The SMILES string of the molecule is CCOC(=O)[C@H]1C(=O)NC(N2CCN(C(c3ccccc3)c3ccccc3)CC2)=N[C@H]1c1ccc(OC)cc1OC. The zero-order valence-corrected chi connectivity index (χ0v) is 23.7. The van der Waals surface area contributed by atoms with Gasteiger partial charge in [0, 0.05) is 37.8 Å². The molecule has 9 heteroatoms. The van der Waals surface area contributed by atoms with Gasteiger partial charge in [0.15, 0.2) is 5.92 Å². The Morgan fingerprint density at radius 2 is 1.56 bits per heavy atom. The van der Waals surface area contributed by atoms with Crippen LogP contribution in [-0.2, 0) is 14.3 Å². The fourth-order valence-corrected chi connectivity index (χ4v) is 5.59. The fraction of sp³-hybridized carbons (Fsp3) is 0.344. The Morgan fingerprint density at radius 1 is 0.927 bits per heavy atom. The van der Waals surface area contributed by atoms with E-state index in [0.717, 1.165) is 13.1 Å². The van der Waals surface area contributed by atoms with Crippen molar-refractivity contribution in [2.45, 2.75) is 19.0 Å². The van der Waals surface area contributed by atoms with Gasteiger partial charge in [0.25, 0.3) is 0 Å². The molecule has 0 saturated carbocycles. The predicted molar refractivity (Wildman–Crippen MR) is 156 cm³/mol. The summed E-state index contributed by atoms with van der Waals surface area (Å²) in [6.07, 6.45) is 0. The first-order valence-corrected chi connectivity index (χ1v) is 13.9. The third-order valence-corrected chi connectivity index (χ3v) is 7.60. The van der Waals surface area contributed by atoms with Gasteiger partial charge in [0.05, 0.1) is 26.9 Å². The van der Waals surface area contributed by atoms with Crippen LogP contribution >= 0.6 is 0 Å². The molecule has 1 fully saturated rings. The molecule has 0 spiro atoms. The highest BCUT2D eigenvalue weighted by Gasteiger charge is 2.43. The zero-order chi connectivity index (χ0) is 28.8. The zero-order valence-electron chi connectivity index (χ0n) is 23.7. The summed E-state index contributed by atoms with van der Waals surface area (Å²) in [5.74, 6) is -0.652. The molecule has 0 aliphatic carbocycles. The van der Waals surface area contributed by atoms with Crippen LogP contribution in [0.2, 0.25) is 0 Å². The van der Waals surface area contributed by atoms with E-state index >= 15 is 0 Å². The first-order chi connectivity index (χ1) is 20.0. The highest BCUT2D eigenvalue weighted by molar-refractivity contribution is 6.08. The monoisotopic (exact) mass is 556 g/mol. The summed E-state index contributed by atoms with van der Waals surface area (Å²) in [5, 5.41) is 2.89. The number of piperazine rings is 1. The highest BCUT2D eigenvalue weighted by atomic mass is 16.5. The van der Waals surface area contributed by atoms with Crippen LogP contribution in [0.4, 0.5) is 0 Å². The minimum atomic E-state index is -1.14. The number of carbonyl (C=O) groups excluding carboxylic acids is 2. The van der Waals surface area contributed by atoms with E-state index in [0.29, 0.717) is 36.1 Å². The van der Waals surface area contributed by atoms with Crippen molar-refractivity contribution in [2.75, 3.05) is 47.0 Å². The Kier molecular flexibility index (Phi) is 8.84. The second-order valence-corrected chi connectivity index (χ2v) is 9.97. The van der Waals surface area contributed by atoms with Crippen molar-refractivity contribution in [1.82, 2.24) is 15.1 Å². The predicted octanol–water partition coefficient (Wildman–Crippen LogP) is 3.82. The summed E-state index contributed by atoms with van der Waals surface area (Å²) < 4.78 is 16.2. The molecule has 9 nitrogen and oxygen atoms in total. The maximum atomic E-state index is 13.4. The molecule has 0 aromatic heterocycles. The van der Waals surface area contributed by atoms with Crippen molar-refractivity contribution in [1.29, 1.82) is 0 Å². The molecule has 0 unspecified atom stereocenters. The number of hydrogen-bond acceptors (Lipinski definition) is 8. The normalized spacial score (nSPS) is 19.4. The maximum absolute atomic E-state index is 13.4. The van der Waals surface area contributed by atoms with Gasteiger partial charge in [-0.25, -0.2) is 4.99 Å². The van der Waals surface area contributed by atoms with Crippen LogP contribution in [0.1, 0.15) is 35.7 Å². The van der Waals surface area contributed by atoms with Gasteiger partial charge in [-0.15, -0.1) is 0 Å². The molecule has 1 N–H and O–H groups in total. The van der Waals surface area contributed by atoms with E-state index in [1.54, 1.807) is 39.3 Å². The number of amides is 1. The molecular formula is C32H36N4O5. The molecular weight excluding hydrogens is 520 g/mol. The average Bonchev–Trinajstić information content (AvgIpc) is 3.02. The van der Waals surface area contributed by atoms with E-state index in [1.165, 1.54) is 11.1 Å². The van der Waals surface area contributed by atoms with Gasteiger partial charge in [-0.3, -0.25) is 19.8 Å². The van der Waals surface area contributed by atoms with Crippen molar-refractivity contribution in [3.63, 3.8) is 0 Å². The average molecular weight is 557 g/mol. The van der Waals surface area contributed by atoms with Gasteiger partial charge in [0.2, 0.25) is 11.9 Å². The molecule has 0 radical (unpaired) electrons. The number of aliphatic imine (C=N–C) groups is 1. The summed E-state index contributed by atoms with van der Waals surface area (Å²) in [4.78, 5) is 35.8. The number of ether oxygens (including phenoxy) is 3. The summed E-state index contributed by atoms with van der Waals surface area (Å²) in [7, 11) is 3.11. The smallest absolute Gasteiger partial charge is 0.321 e. The fourth-order valence-electron chi connectivity index (χ4n) is 5.59. The second kappa shape index (κ2) is 12.9. The second-order valence-electron chi connectivity index (χ2n) is 9.97. The van der Waals surface area contributed by atoms with Crippen molar-refractivity contribution < 1.29 is 23.8 Å². The number of guanidine groups is 1. The van der Waals surface area contributed by atoms with Gasteiger partial charge in [-0.1, -0.05) is 60.7 Å². The van der Waals surface area contributed by atoms with E-state index < -0.39 is 23.8 Å². The topological polar surface area (TPSA) is 92.7 Å². The first kappa shape index (κ1) is 28.2. The molecule has 2 heterocycles. The van der Waals surface area contributed by atoms with Crippen LogP contribution in [0, 0.1) is 5.92 Å². The summed E-state index contributed by atoms with van der Waals surface area (Å²) in [6.45, 7) is 4.73. The minimum absolute atomic E-state index is 0.118. The van der Waals surface area contributed by atoms with Gasteiger partial charge < -0.3 is 19.1 Å². The van der Waals surface area contributed by atoms with Crippen molar-refractivity contribution in [2.24, 2.45) is 10.9 Å². The molecule has 2 aliphatic heterocycles. The molecule has 0 bridgehead atoms. The third kappa shape index (κ3) is 6.05.